The third-order valence-corrected chi connectivity index (χ3v) is 10.00. The summed E-state index contributed by atoms with van der Waals surface area (Å²) < 4.78 is 52.5. The number of rotatable bonds is 5. The second-order valence-electron chi connectivity index (χ2n) is 8.01. The Kier molecular flexibility index (Phi) is 5.48. The van der Waals surface area contributed by atoms with Gasteiger partial charge in [0.1, 0.15) is 0 Å². The fourth-order valence-electron chi connectivity index (χ4n) is 3.88. The molecule has 9 heteroatoms. The van der Waals surface area contributed by atoms with Gasteiger partial charge >= 0.3 is 0 Å². The molecule has 2 unspecified atom stereocenters. The van der Waals surface area contributed by atoms with Crippen molar-refractivity contribution in [2.75, 3.05) is 0 Å². The lowest BCUT2D eigenvalue weighted by Gasteiger charge is -2.25. The lowest BCUT2D eigenvalue weighted by molar-refractivity contribution is 0.575. The van der Waals surface area contributed by atoms with Gasteiger partial charge < -0.3 is 0 Å². The van der Waals surface area contributed by atoms with Gasteiger partial charge in [-0.15, -0.1) is 0 Å². The Bertz CT molecular complexity index is 1210. The molecule has 3 atom stereocenters. The highest BCUT2D eigenvalue weighted by atomic mass is 79.9. The highest BCUT2D eigenvalue weighted by Gasteiger charge is 2.39. The van der Waals surface area contributed by atoms with Crippen LogP contribution in [0.5, 0.6) is 0 Å². The number of nitrogens with one attached hydrogen (secondary N) is 2. The SMILES string of the molecule is CC1CC([C@@H]2CC2C)=CC=C1S(=O)(=O)C1=CC=C(S(=O)(=O)c2ccc(Br)cc2)NN1. The maximum absolute atomic E-state index is 13.1. The zero-order valence-electron chi connectivity index (χ0n) is 16.6. The van der Waals surface area contributed by atoms with Crippen LogP contribution in [0.4, 0.5) is 0 Å². The smallest absolute Gasteiger partial charge is 0.223 e. The Morgan fingerprint density at radius 1 is 0.867 bits per heavy atom. The van der Waals surface area contributed by atoms with Crippen molar-refractivity contribution >= 4 is 35.6 Å². The molecule has 2 aliphatic carbocycles. The molecule has 160 valence electrons. The van der Waals surface area contributed by atoms with E-state index in [9.17, 15) is 16.8 Å². The van der Waals surface area contributed by atoms with Crippen LogP contribution in [0.15, 0.2) is 78.5 Å². The Hall–Kier alpha value is -1.84. The van der Waals surface area contributed by atoms with Crippen LogP contribution >= 0.6 is 15.9 Å². The predicted octanol–water partition coefficient (Wildman–Crippen LogP) is 3.93. The molecule has 1 aliphatic heterocycles. The molecule has 2 N–H and O–H groups in total. The number of allylic oxidation sites excluding steroid dienone is 6. The number of hydrogen-bond donors (Lipinski definition) is 2. The van der Waals surface area contributed by atoms with Gasteiger partial charge in [-0.3, -0.25) is 10.9 Å². The molecular formula is C21H23BrN2O4S2. The second kappa shape index (κ2) is 7.69. The minimum Gasteiger partial charge on any atom is -0.289 e. The molecule has 1 fully saturated rings. The minimum absolute atomic E-state index is 0.0630. The topological polar surface area (TPSA) is 92.3 Å². The zero-order chi connectivity index (χ0) is 21.7. The van der Waals surface area contributed by atoms with Crippen molar-refractivity contribution in [1.82, 2.24) is 10.9 Å². The summed E-state index contributed by atoms with van der Waals surface area (Å²) in [7, 11) is -7.55. The van der Waals surface area contributed by atoms with E-state index < -0.39 is 19.7 Å². The Morgan fingerprint density at radius 3 is 1.93 bits per heavy atom. The molecule has 0 radical (unpaired) electrons. The van der Waals surface area contributed by atoms with Crippen molar-refractivity contribution in [2.45, 2.75) is 31.6 Å². The summed E-state index contributed by atoms with van der Waals surface area (Å²) in [5.41, 5.74) is 6.44. The quantitative estimate of drug-likeness (QED) is 0.623. The summed E-state index contributed by atoms with van der Waals surface area (Å²) in [5.74, 6) is 1.14. The van der Waals surface area contributed by atoms with E-state index in [-0.39, 0.29) is 20.9 Å². The molecule has 1 heterocycles. The first-order valence-corrected chi connectivity index (χ1v) is 13.5. The minimum atomic E-state index is -3.80. The summed E-state index contributed by atoms with van der Waals surface area (Å²) in [4.78, 5) is 0.453. The van der Waals surface area contributed by atoms with Crippen LogP contribution in [-0.2, 0) is 19.7 Å². The summed E-state index contributed by atoms with van der Waals surface area (Å²) in [5, 5.41) is -0.175. The van der Waals surface area contributed by atoms with Crippen LogP contribution in [0.1, 0.15) is 26.7 Å². The average molecular weight is 511 g/mol. The first-order valence-electron chi connectivity index (χ1n) is 9.71. The van der Waals surface area contributed by atoms with Crippen molar-refractivity contribution < 1.29 is 16.8 Å². The van der Waals surface area contributed by atoms with E-state index in [0.717, 1.165) is 10.9 Å². The Balaban J connectivity index is 1.60. The van der Waals surface area contributed by atoms with Gasteiger partial charge in [0.05, 0.1) is 9.80 Å². The molecule has 30 heavy (non-hydrogen) atoms. The molecule has 0 aromatic heterocycles. The van der Waals surface area contributed by atoms with Crippen LogP contribution < -0.4 is 10.9 Å². The third-order valence-electron chi connectivity index (χ3n) is 5.78. The lowest BCUT2D eigenvalue weighted by Crippen LogP contribution is -2.39. The lowest BCUT2D eigenvalue weighted by atomic mass is 9.92. The highest BCUT2D eigenvalue weighted by Crippen LogP contribution is 2.48. The average Bonchev–Trinajstić information content (AvgIpc) is 3.45. The predicted molar refractivity (Wildman–Crippen MR) is 120 cm³/mol. The first-order chi connectivity index (χ1) is 14.1. The van der Waals surface area contributed by atoms with Crippen LogP contribution in [0.25, 0.3) is 0 Å². The van der Waals surface area contributed by atoms with Gasteiger partial charge in [-0.1, -0.05) is 41.4 Å². The van der Waals surface area contributed by atoms with Gasteiger partial charge in [-0.25, -0.2) is 16.8 Å². The van der Waals surface area contributed by atoms with Crippen LogP contribution in [-0.4, -0.2) is 16.8 Å². The van der Waals surface area contributed by atoms with E-state index in [4.69, 9.17) is 0 Å². The van der Waals surface area contributed by atoms with E-state index in [1.54, 1.807) is 18.2 Å². The molecule has 0 spiro atoms. The maximum Gasteiger partial charge on any atom is 0.223 e. The van der Waals surface area contributed by atoms with Crippen molar-refractivity contribution in [2.24, 2.45) is 17.8 Å². The van der Waals surface area contributed by atoms with E-state index in [1.807, 2.05) is 13.0 Å². The summed E-state index contributed by atoms with van der Waals surface area (Å²) >= 11 is 3.28. The fourth-order valence-corrected chi connectivity index (χ4v) is 6.87. The summed E-state index contributed by atoms with van der Waals surface area (Å²) in [6.07, 6.45) is 8.13. The van der Waals surface area contributed by atoms with Gasteiger partial charge in [0.25, 0.3) is 0 Å². The van der Waals surface area contributed by atoms with E-state index >= 15 is 0 Å². The number of benzene rings is 1. The van der Waals surface area contributed by atoms with Gasteiger partial charge in [0.15, 0.2) is 10.1 Å². The molecule has 1 saturated carbocycles. The molecule has 1 aromatic carbocycles. The number of sulfone groups is 2. The van der Waals surface area contributed by atoms with Crippen molar-refractivity contribution in [3.63, 3.8) is 0 Å². The standard InChI is InChI=1S/C21H23BrN2O4S2/c1-13-12-18(13)15-3-8-19(14(2)11-15)30(27,28)21-10-9-20(23-24-21)29(25,26)17-6-4-16(22)5-7-17/h3-10,13-14,18,23-24H,11-12H2,1-2H3/t13?,14?,18-/m1/s1. The van der Waals surface area contributed by atoms with E-state index in [1.165, 1.54) is 36.3 Å². The van der Waals surface area contributed by atoms with Crippen LogP contribution in [0.3, 0.4) is 0 Å². The first kappa shape index (κ1) is 21.4. The molecule has 1 aromatic rings. The highest BCUT2D eigenvalue weighted by molar-refractivity contribution is 9.10. The number of halogens is 1. The van der Waals surface area contributed by atoms with E-state index in [2.05, 4.69) is 33.7 Å². The van der Waals surface area contributed by atoms with Gasteiger partial charge in [-0.05, 0) is 73.1 Å². The van der Waals surface area contributed by atoms with Crippen LogP contribution in [0, 0.1) is 17.8 Å². The number of hydrazine groups is 1. The third kappa shape index (κ3) is 3.90. The molecule has 6 nitrogen and oxygen atoms in total. The normalized spacial score (nSPS) is 26.4. The largest absolute Gasteiger partial charge is 0.289 e. The molecule has 0 bridgehead atoms. The molecule has 4 rings (SSSR count). The molecule has 3 aliphatic rings. The second-order valence-corrected chi connectivity index (χ2v) is 12.8. The Morgan fingerprint density at radius 2 is 1.43 bits per heavy atom. The summed E-state index contributed by atoms with van der Waals surface area (Å²) in [6.45, 7) is 4.13. The Labute approximate surface area is 185 Å². The van der Waals surface area contributed by atoms with Crippen molar-refractivity contribution in [3.05, 3.63) is 73.6 Å². The monoisotopic (exact) mass is 510 g/mol. The van der Waals surface area contributed by atoms with Gasteiger partial charge in [-0.2, -0.15) is 0 Å². The molecule has 0 amide bonds. The zero-order valence-corrected chi connectivity index (χ0v) is 19.8. The van der Waals surface area contributed by atoms with Crippen LogP contribution in [0.2, 0.25) is 0 Å². The van der Waals surface area contributed by atoms with E-state index in [0.29, 0.717) is 16.7 Å². The maximum atomic E-state index is 13.1. The van der Waals surface area contributed by atoms with Crippen molar-refractivity contribution in [3.8, 4) is 0 Å². The van der Waals surface area contributed by atoms with Gasteiger partial charge in [0.2, 0.25) is 19.7 Å². The molecular weight excluding hydrogens is 488 g/mol. The van der Waals surface area contributed by atoms with Crippen molar-refractivity contribution in [1.29, 1.82) is 0 Å². The summed E-state index contributed by atoms with van der Waals surface area (Å²) in [6, 6.07) is 6.24. The van der Waals surface area contributed by atoms with Gasteiger partial charge in [0, 0.05) is 4.47 Å². The fraction of sp³-hybridized carbons (Fsp3) is 0.333. The molecule has 0 saturated heterocycles. The number of hydrogen-bond acceptors (Lipinski definition) is 6.